The molecule has 0 saturated carbocycles. The van der Waals surface area contributed by atoms with Gasteiger partial charge < -0.3 is 10.2 Å². The van der Waals surface area contributed by atoms with Crippen LogP contribution in [-0.2, 0) is 15.0 Å². The van der Waals surface area contributed by atoms with Gasteiger partial charge in [0, 0.05) is 12.1 Å². The molecule has 0 spiro atoms. The molecule has 1 N–H and O–H groups in total. The van der Waals surface area contributed by atoms with Crippen molar-refractivity contribution < 1.29 is 27.2 Å². The summed E-state index contributed by atoms with van der Waals surface area (Å²) >= 11 is 0. The molecule has 2 amide bonds. The SMILES string of the molecule is CC(C)(C(=O)N[C@H]1CCN(CC(F)(F)F)C1=O)c1ccccc1F. The maximum Gasteiger partial charge on any atom is 0.406 e. The number of hydrogen-bond acceptors (Lipinski definition) is 2. The highest BCUT2D eigenvalue weighted by molar-refractivity contribution is 5.93. The first-order chi connectivity index (χ1) is 11.0. The van der Waals surface area contributed by atoms with E-state index in [0.717, 1.165) is 0 Å². The normalized spacial score (nSPS) is 18.8. The summed E-state index contributed by atoms with van der Waals surface area (Å²) in [5, 5.41) is 2.45. The number of amides is 2. The van der Waals surface area contributed by atoms with E-state index in [-0.39, 0.29) is 18.5 Å². The van der Waals surface area contributed by atoms with Gasteiger partial charge in [-0.15, -0.1) is 0 Å². The Morgan fingerprint density at radius 2 is 1.92 bits per heavy atom. The number of hydrogen-bond donors (Lipinski definition) is 1. The number of likely N-dealkylation sites (tertiary alicyclic amines) is 1. The Morgan fingerprint density at radius 1 is 1.29 bits per heavy atom. The Morgan fingerprint density at radius 3 is 2.50 bits per heavy atom. The maximum absolute atomic E-state index is 13.9. The number of carbonyl (C=O) groups excluding carboxylic acids is 2. The lowest BCUT2D eigenvalue weighted by Gasteiger charge is -2.26. The van der Waals surface area contributed by atoms with Gasteiger partial charge in [-0.1, -0.05) is 18.2 Å². The van der Waals surface area contributed by atoms with Gasteiger partial charge in [-0.2, -0.15) is 13.2 Å². The second-order valence-corrected chi connectivity index (χ2v) is 6.29. The van der Waals surface area contributed by atoms with Crippen molar-refractivity contribution in [2.75, 3.05) is 13.1 Å². The minimum absolute atomic E-state index is 0.0799. The Hall–Kier alpha value is -2.12. The zero-order valence-corrected chi connectivity index (χ0v) is 13.3. The standard InChI is InChI=1S/C16H18F4N2O2/c1-15(2,10-5-3-4-6-11(10)17)14(24)21-12-7-8-22(13(12)23)9-16(18,19)20/h3-6,12H,7-9H2,1-2H3,(H,21,24)/t12-/m0/s1. The van der Waals surface area contributed by atoms with Gasteiger partial charge in [0.25, 0.3) is 0 Å². The van der Waals surface area contributed by atoms with Crippen LogP contribution in [0.3, 0.4) is 0 Å². The van der Waals surface area contributed by atoms with Gasteiger partial charge in [0.15, 0.2) is 0 Å². The quantitative estimate of drug-likeness (QED) is 0.851. The summed E-state index contributed by atoms with van der Waals surface area (Å²) in [6.45, 7) is 1.57. The Balaban J connectivity index is 2.07. The van der Waals surface area contributed by atoms with Crippen molar-refractivity contribution in [3.8, 4) is 0 Å². The van der Waals surface area contributed by atoms with Gasteiger partial charge in [-0.3, -0.25) is 9.59 Å². The van der Waals surface area contributed by atoms with Crippen LogP contribution in [0.25, 0.3) is 0 Å². The molecule has 0 bridgehead atoms. The Labute approximate surface area is 136 Å². The van der Waals surface area contributed by atoms with Gasteiger partial charge in [0.1, 0.15) is 18.4 Å². The summed E-state index contributed by atoms with van der Waals surface area (Å²) in [4.78, 5) is 25.1. The fourth-order valence-electron chi connectivity index (χ4n) is 2.68. The first-order valence-electron chi connectivity index (χ1n) is 7.44. The monoisotopic (exact) mass is 346 g/mol. The number of carbonyl (C=O) groups is 2. The van der Waals surface area contributed by atoms with Crippen LogP contribution in [0.1, 0.15) is 25.8 Å². The van der Waals surface area contributed by atoms with Gasteiger partial charge in [-0.25, -0.2) is 4.39 Å². The molecular weight excluding hydrogens is 328 g/mol. The van der Waals surface area contributed by atoms with Crippen LogP contribution in [-0.4, -0.2) is 42.0 Å². The smallest absolute Gasteiger partial charge is 0.343 e. The van der Waals surface area contributed by atoms with Gasteiger partial charge in [-0.05, 0) is 26.3 Å². The number of benzene rings is 1. The molecule has 0 radical (unpaired) electrons. The molecule has 132 valence electrons. The summed E-state index contributed by atoms with van der Waals surface area (Å²) in [6.07, 6.45) is -4.39. The first-order valence-corrected chi connectivity index (χ1v) is 7.44. The van der Waals surface area contributed by atoms with E-state index in [1.54, 1.807) is 6.07 Å². The van der Waals surface area contributed by atoms with Crippen molar-refractivity contribution in [3.63, 3.8) is 0 Å². The molecule has 1 saturated heterocycles. The van der Waals surface area contributed by atoms with E-state index >= 15 is 0 Å². The van der Waals surface area contributed by atoms with Crippen LogP contribution < -0.4 is 5.32 Å². The van der Waals surface area contributed by atoms with Crippen LogP contribution in [0.4, 0.5) is 17.6 Å². The summed E-state index contributed by atoms with van der Waals surface area (Å²) in [5.74, 6) is -1.95. The number of alkyl halides is 3. The van der Waals surface area contributed by atoms with Crippen LogP contribution in [0, 0.1) is 5.82 Å². The summed E-state index contributed by atoms with van der Waals surface area (Å²) in [5.41, 5.74) is -1.11. The largest absolute Gasteiger partial charge is 0.406 e. The minimum Gasteiger partial charge on any atom is -0.343 e. The topological polar surface area (TPSA) is 49.4 Å². The molecule has 24 heavy (non-hydrogen) atoms. The van der Waals surface area contributed by atoms with Crippen LogP contribution in [0.2, 0.25) is 0 Å². The Kier molecular flexibility index (Phi) is 4.87. The molecule has 1 aromatic rings. The van der Waals surface area contributed by atoms with E-state index in [1.807, 2.05) is 0 Å². The fraction of sp³-hybridized carbons (Fsp3) is 0.500. The predicted molar refractivity (Wildman–Crippen MR) is 78.6 cm³/mol. The van der Waals surface area contributed by atoms with Gasteiger partial charge in [0.2, 0.25) is 11.8 Å². The molecule has 1 aromatic carbocycles. The lowest BCUT2D eigenvalue weighted by atomic mass is 9.83. The van der Waals surface area contributed by atoms with E-state index in [9.17, 15) is 27.2 Å². The van der Waals surface area contributed by atoms with Crippen molar-refractivity contribution in [1.82, 2.24) is 10.2 Å². The Bertz CT molecular complexity index is 643. The first kappa shape index (κ1) is 18.2. The third-order valence-corrected chi connectivity index (χ3v) is 4.09. The lowest BCUT2D eigenvalue weighted by molar-refractivity contribution is -0.158. The molecule has 0 aromatic heterocycles. The zero-order chi connectivity index (χ0) is 18.1. The van der Waals surface area contributed by atoms with E-state index in [0.29, 0.717) is 4.90 Å². The zero-order valence-electron chi connectivity index (χ0n) is 13.3. The van der Waals surface area contributed by atoms with Gasteiger partial charge in [0.05, 0.1) is 5.41 Å². The number of rotatable bonds is 4. The molecule has 1 fully saturated rings. The molecule has 0 aliphatic carbocycles. The third kappa shape index (κ3) is 3.85. The molecule has 0 unspecified atom stereocenters. The number of nitrogens with zero attached hydrogens (tertiary/aromatic N) is 1. The highest BCUT2D eigenvalue weighted by Gasteiger charge is 2.41. The fourth-order valence-corrected chi connectivity index (χ4v) is 2.68. The van der Waals surface area contributed by atoms with Crippen molar-refractivity contribution >= 4 is 11.8 Å². The summed E-state index contributed by atoms with van der Waals surface area (Å²) in [7, 11) is 0. The maximum atomic E-state index is 13.9. The second kappa shape index (κ2) is 6.41. The molecule has 1 heterocycles. The van der Waals surface area contributed by atoms with Crippen molar-refractivity contribution in [1.29, 1.82) is 0 Å². The van der Waals surface area contributed by atoms with E-state index < -0.39 is 41.8 Å². The second-order valence-electron chi connectivity index (χ2n) is 6.29. The average molecular weight is 346 g/mol. The highest BCUT2D eigenvalue weighted by Crippen LogP contribution is 2.27. The predicted octanol–water partition coefficient (Wildman–Crippen LogP) is 2.38. The van der Waals surface area contributed by atoms with Crippen molar-refractivity contribution in [2.24, 2.45) is 0 Å². The van der Waals surface area contributed by atoms with E-state index in [1.165, 1.54) is 32.0 Å². The summed E-state index contributed by atoms with van der Waals surface area (Å²) < 4.78 is 51.1. The minimum atomic E-state index is -4.49. The van der Waals surface area contributed by atoms with E-state index in [2.05, 4.69) is 5.32 Å². The molecule has 2 rings (SSSR count). The van der Waals surface area contributed by atoms with Gasteiger partial charge >= 0.3 is 6.18 Å². The highest BCUT2D eigenvalue weighted by atomic mass is 19.4. The van der Waals surface area contributed by atoms with Crippen molar-refractivity contribution in [2.45, 2.75) is 37.9 Å². The van der Waals surface area contributed by atoms with Crippen LogP contribution in [0.5, 0.6) is 0 Å². The molecule has 4 nitrogen and oxygen atoms in total. The molecule has 8 heteroatoms. The molecule has 1 atom stereocenters. The van der Waals surface area contributed by atoms with Crippen LogP contribution >= 0.6 is 0 Å². The van der Waals surface area contributed by atoms with E-state index in [4.69, 9.17) is 0 Å². The molecule has 1 aliphatic heterocycles. The lowest BCUT2D eigenvalue weighted by Crippen LogP contribution is -2.49. The summed E-state index contributed by atoms with van der Waals surface area (Å²) in [6, 6.07) is 4.73. The number of halogens is 4. The third-order valence-electron chi connectivity index (χ3n) is 4.09. The number of nitrogens with one attached hydrogen (secondary N) is 1. The molecule has 1 aliphatic rings. The van der Waals surface area contributed by atoms with Crippen LogP contribution in [0.15, 0.2) is 24.3 Å². The average Bonchev–Trinajstić information content (AvgIpc) is 2.78. The van der Waals surface area contributed by atoms with Crippen molar-refractivity contribution in [3.05, 3.63) is 35.6 Å². The molecular formula is C16H18F4N2O2.